The second-order valence-corrected chi connectivity index (χ2v) is 4.56. The quantitative estimate of drug-likeness (QED) is 0.816. The zero-order valence-electron chi connectivity index (χ0n) is 9.98. The van der Waals surface area contributed by atoms with Gasteiger partial charge in [-0.05, 0) is 31.9 Å². The van der Waals surface area contributed by atoms with Crippen LogP contribution in [0.1, 0.15) is 36.9 Å². The number of hydrogen-bond acceptors (Lipinski definition) is 4. The summed E-state index contributed by atoms with van der Waals surface area (Å²) in [5.74, 6) is 0.596. The van der Waals surface area contributed by atoms with Gasteiger partial charge in [0, 0.05) is 5.69 Å². The molecule has 0 bridgehead atoms. The van der Waals surface area contributed by atoms with Gasteiger partial charge in [0.15, 0.2) is 0 Å². The predicted molar refractivity (Wildman–Crippen MR) is 65.6 cm³/mol. The first-order chi connectivity index (χ1) is 8.20. The first-order valence-corrected chi connectivity index (χ1v) is 6.03. The van der Waals surface area contributed by atoms with Crippen molar-refractivity contribution in [3.63, 3.8) is 0 Å². The topological polar surface area (TPSA) is 68.9 Å². The van der Waals surface area contributed by atoms with Crippen LogP contribution < -0.4 is 5.32 Å². The number of anilines is 1. The van der Waals surface area contributed by atoms with E-state index in [2.05, 4.69) is 16.4 Å². The zero-order chi connectivity index (χ0) is 12.3. The maximum absolute atomic E-state index is 9.89. The van der Waals surface area contributed by atoms with Gasteiger partial charge in [0.1, 0.15) is 11.9 Å². The van der Waals surface area contributed by atoms with Gasteiger partial charge < -0.3 is 10.4 Å². The molecule has 1 aromatic heterocycles. The van der Waals surface area contributed by atoms with Crippen LogP contribution >= 0.6 is 0 Å². The van der Waals surface area contributed by atoms with Crippen LogP contribution in [0.5, 0.6) is 0 Å². The van der Waals surface area contributed by atoms with Gasteiger partial charge in [0.2, 0.25) is 0 Å². The van der Waals surface area contributed by atoms with Crippen LogP contribution in [-0.2, 0) is 0 Å². The Balaban J connectivity index is 2.17. The number of nitrogens with zero attached hydrogens (tertiary/aromatic N) is 2. The monoisotopic (exact) mass is 231 g/mol. The van der Waals surface area contributed by atoms with Crippen molar-refractivity contribution >= 4 is 5.82 Å². The Hall–Kier alpha value is -1.60. The van der Waals surface area contributed by atoms with E-state index in [9.17, 15) is 5.11 Å². The lowest BCUT2D eigenvalue weighted by Crippen LogP contribution is -2.36. The van der Waals surface area contributed by atoms with Crippen LogP contribution in [0.25, 0.3) is 0 Å². The smallest absolute Gasteiger partial charge is 0.144 e. The maximum Gasteiger partial charge on any atom is 0.144 e. The van der Waals surface area contributed by atoms with Crippen molar-refractivity contribution in [1.82, 2.24) is 4.98 Å². The lowest BCUT2D eigenvalue weighted by Gasteiger charge is -2.29. The predicted octanol–water partition coefficient (Wildman–Crippen LogP) is 1.98. The molecule has 0 amide bonds. The lowest BCUT2D eigenvalue weighted by molar-refractivity contribution is 0.116. The van der Waals surface area contributed by atoms with Crippen LogP contribution in [0, 0.1) is 18.3 Å². The van der Waals surface area contributed by atoms with E-state index >= 15 is 0 Å². The van der Waals surface area contributed by atoms with Gasteiger partial charge in [-0.25, -0.2) is 4.98 Å². The Labute approximate surface area is 101 Å². The highest BCUT2D eigenvalue weighted by Gasteiger charge is 2.23. The molecule has 1 aliphatic carbocycles. The molecule has 4 heteroatoms. The summed E-state index contributed by atoms with van der Waals surface area (Å²) >= 11 is 0. The summed E-state index contributed by atoms with van der Waals surface area (Å²) in [5.41, 5.74) is 1.41. The molecule has 0 radical (unpaired) electrons. The number of aromatic nitrogens is 1. The van der Waals surface area contributed by atoms with Gasteiger partial charge in [-0.1, -0.05) is 12.8 Å². The number of aliphatic hydroxyl groups is 1. The molecule has 1 heterocycles. The highest BCUT2D eigenvalue weighted by molar-refractivity contribution is 5.52. The summed E-state index contributed by atoms with van der Waals surface area (Å²) in [6.07, 6.45) is 3.61. The molecule has 0 aromatic carbocycles. The fourth-order valence-corrected chi connectivity index (χ4v) is 2.21. The molecule has 17 heavy (non-hydrogen) atoms. The average molecular weight is 231 g/mol. The summed E-state index contributed by atoms with van der Waals surface area (Å²) in [6, 6.07) is 5.72. The lowest BCUT2D eigenvalue weighted by atomic mass is 9.92. The Morgan fingerprint density at radius 3 is 2.88 bits per heavy atom. The molecule has 1 fully saturated rings. The van der Waals surface area contributed by atoms with Gasteiger partial charge in [0.25, 0.3) is 0 Å². The number of nitriles is 1. The molecule has 4 nitrogen and oxygen atoms in total. The van der Waals surface area contributed by atoms with Crippen molar-refractivity contribution < 1.29 is 5.11 Å². The van der Waals surface area contributed by atoms with E-state index < -0.39 is 0 Å². The summed E-state index contributed by atoms with van der Waals surface area (Å²) in [5, 5.41) is 22.1. The van der Waals surface area contributed by atoms with E-state index in [0.717, 1.165) is 31.4 Å². The third-order valence-electron chi connectivity index (χ3n) is 3.21. The van der Waals surface area contributed by atoms with Gasteiger partial charge in [-0.3, -0.25) is 0 Å². The number of hydrogen-bond donors (Lipinski definition) is 2. The number of pyridine rings is 1. The van der Waals surface area contributed by atoms with Crippen molar-refractivity contribution in [2.24, 2.45) is 0 Å². The van der Waals surface area contributed by atoms with Gasteiger partial charge in [-0.2, -0.15) is 5.26 Å². The summed E-state index contributed by atoms with van der Waals surface area (Å²) < 4.78 is 0. The van der Waals surface area contributed by atoms with E-state index in [1.165, 1.54) is 0 Å². The molecule has 0 saturated heterocycles. The molecule has 1 aliphatic rings. The minimum absolute atomic E-state index is 0.0187. The van der Waals surface area contributed by atoms with E-state index in [1.807, 2.05) is 13.0 Å². The molecule has 2 rings (SSSR count). The molecule has 0 spiro atoms. The van der Waals surface area contributed by atoms with Gasteiger partial charge in [-0.15, -0.1) is 0 Å². The molecular formula is C13H17N3O. The van der Waals surface area contributed by atoms with Crippen LogP contribution in [0.4, 0.5) is 5.82 Å². The number of nitrogens with one attached hydrogen (secondary N) is 1. The molecule has 0 aliphatic heterocycles. The molecule has 1 aromatic rings. The molecular weight excluding hydrogens is 214 g/mol. The van der Waals surface area contributed by atoms with E-state index in [4.69, 9.17) is 5.26 Å². The van der Waals surface area contributed by atoms with Crippen molar-refractivity contribution in [3.8, 4) is 6.07 Å². The number of rotatable bonds is 2. The Kier molecular flexibility index (Phi) is 3.60. The first kappa shape index (κ1) is 11.9. The highest BCUT2D eigenvalue weighted by Crippen LogP contribution is 2.23. The standard InChI is InChI=1S/C13H17N3O/c1-9-6-7-10(8-14)13(15-9)16-11-4-2-3-5-12(11)17/h6-7,11-12,17H,2-5H2,1H3,(H,15,16). The number of aryl methyl sites for hydroxylation is 1. The maximum atomic E-state index is 9.89. The van der Waals surface area contributed by atoms with Crippen molar-refractivity contribution in [1.29, 1.82) is 5.26 Å². The SMILES string of the molecule is Cc1ccc(C#N)c(NC2CCCCC2O)n1. The summed E-state index contributed by atoms with van der Waals surface area (Å²) in [7, 11) is 0. The summed E-state index contributed by atoms with van der Waals surface area (Å²) in [6.45, 7) is 1.89. The Bertz CT molecular complexity index is 439. The fourth-order valence-electron chi connectivity index (χ4n) is 2.21. The van der Waals surface area contributed by atoms with Crippen LogP contribution in [-0.4, -0.2) is 22.2 Å². The Morgan fingerprint density at radius 2 is 2.18 bits per heavy atom. The second kappa shape index (κ2) is 5.15. The van der Waals surface area contributed by atoms with Gasteiger partial charge in [0.05, 0.1) is 17.7 Å². The Morgan fingerprint density at radius 1 is 1.41 bits per heavy atom. The van der Waals surface area contributed by atoms with Crippen LogP contribution in [0.2, 0.25) is 0 Å². The minimum Gasteiger partial charge on any atom is -0.391 e. The zero-order valence-corrected chi connectivity index (χ0v) is 9.98. The third kappa shape index (κ3) is 2.75. The van der Waals surface area contributed by atoms with Crippen molar-refractivity contribution in [3.05, 3.63) is 23.4 Å². The highest BCUT2D eigenvalue weighted by atomic mass is 16.3. The van der Waals surface area contributed by atoms with Crippen LogP contribution in [0.15, 0.2) is 12.1 Å². The molecule has 2 unspecified atom stereocenters. The molecule has 2 atom stereocenters. The molecule has 1 saturated carbocycles. The average Bonchev–Trinajstić information content (AvgIpc) is 2.32. The van der Waals surface area contributed by atoms with E-state index in [1.54, 1.807) is 6.07 Å². The van der Waals surface area contributed by atoms with Gasteiger partial charge >= 0.3 is 0 Å². The summed E-state index contributed by atoms with van der Waals surface area (Å²) in [4.78, 5) is 4.33. The minimum atomic E-state index is -0.336. The molecule has 2 N–H and O–H groups in total. The second-order valence-electron chi connectivity index (χ2n) is 4.56. The van der Waals surface area contributed by atoms with E-state index in [0.29, 0.717) is 11.4 Å². The van der Waals surface area contributed by atoms with Crippen molar-refractivity contribution in [2.45, 2.75) is 44.8 Å². The van der Waals surface area contributed by atoms with Crippen molar-refractivity contribution in [2.75, 3.05) is 5.32 Å². The third-order valence-corrected chi connectivity index (χ3v) is 3.21. The first-order valence-electron chi connectivity index (χ1n) is 6.03. The largest absolute Gasteiger partial charge is 0.391 e. The molecule has 90 valence electrons. The normalized spacial score (nSPS) is 24.1. The van der Waals surface area contributed by atoms with Crippen LogP contribution in [0.3, 0.4) is 0 Å². The number of aliphatic hydroxyl groups excluding tert-OH is 1. The fraction of sp³-hybridized carbons (Fsp3) is 0.538. The van der Waals surface area contributed by atoms with E-state index in [-0.39, 0.29) is 12.1 Å².